The fourth-order valence-corrected chi connectivity index (χ4v) is 1.45. The number of hydrogen-bond donors (Lipinski definition) is 1. The summed E-state index contributed by atoms with van der Waals surface area (Å²) in [5.74, 6) is 0.666. The highest BCUT2D eigenvalue weighted by Gasteiger charge is 2.27. The minimum absolute atomic E-state index is 0.0882. The van der Waals surface area contributed by atoms with Crippen molar-refractivity contribution in [1.82, 2.24) is 5.32 Å². The van der Waals surface area contributed by atoms with E-state index in [4.69, 9.17) is 4.74 Å². The predicted octanol–water partition coefficient (Wildman–Crippen LogP) is 2.75. The van der Waals surface area contributed by atoms with E-state index < -0.39 is 12.8 Å². The molecule has 6 heteroatoms. The highest BCUT2D eigenvalue weighted by atomic mass is 19.4. The molecule has 19 heavy (non-hydrogen) atoms. The molecule has 0 unspecified atom stereocenters. The van der Waals surface area contributed by atoms with Crippen molar-refractivity contribution in [1.29, 1.82) is 0 Å². The molecule has 0 fully saturated rings. The summed E-state index contributed by atoms with van der Waals surface area (Å²) in [5.41, 5.74) is 0.972. The smallest absolute Gasteiger partial charge is 0.411 e. The largest absolute Gasteiger partial charge is 0.491 e. The molecule has 1 aromatic rings. The standard InChI is InChI=1S/C13H18F3NO2/c1-2-17-9-11-5-3-4-6-12(11)19-8-7-18-10-13(14,15)16/h3-6,17H,2,7-10H2,1H3. The Labute approximate surface area is 110 Å². The average Bonchev–Trinajstić information content (AvgIpc) is 2.36. The topological polar surface area (TPSA) is 30.5 Å². The van der Waals surface area contributed by atoms with Crippen LogP contribution in [0, 0.1) is 0 Å². The van der Waals surface area contributed by atoms with E-state index in [1.807, 2.05) is 25.1 Å². The van der Waals surface area contributed by atoms with Crippen LogP contribution in [0.2, 0.25) is 0 Å². The van der Waals surface area contributed by atoms with Crippen molar-refractivity contribution in [3.8, 4) is 5.75 Å². The van der Waals surface area contributed by atoms with E-state index in [0.717, 1.165) is 12.1 Å². The quantitative estimate of drug-likeness (QED) is 0.741. The Bertz CT molecular complexity index is 369. The summed E-state index contributed by atoms with van der Waals surface area (Å²) in [7, 11) is 0. The lowest BCUT2D eigenvalue weighted by atomic mass is 10.2. The number of alkyl halides is 3. The molecule has 0 aliphatic heterocycles. The lowest BCUT2D eigenvalue weighted by Gasteiger charge is -2.12. The summed E-state index contributed by atoms with van der Waals surface area (Å²) in [6.45, 7) is 2.26. The molecular formula is C13H18F3NO2. The molecule has 0 saturated heterocycles. The van der Waals surface area contributed by atoms with Gasteiger partial charge in [0.15, 0.2) is 0 Å². The summed E-state index contributed by atoms with van der Waals surface area (Å²) in [6.07, 6.45) is -4.29. The van der Waals surface area contributed by atoms with Crippen LogP contribution < -0.4 is 10.1 Å². The fraction of sp³-hybridized carbons (Fsp3) is 0.538. The van der Waals surface area contributed by atoms with Gasteiger partial charge in [0, 0.05) is 12.1 Å². The van der Waals surface area contributed by atoms with Gasteiger partial charge in [0.2, 0.25) is 0 Å². The van der Waals surface area contributed by atoms with Gasteiger partial charge in [-0.2, -0.15) is 13.2 Å². The van der Waals surface area contributed by atoms with Crippen LogP contribution in [0.3, 0.4) is 0 Å². The van der Waals surface area contributed by atoms with Crippen molar-refractivity contribution < 1.29 is 22.6 Å². The summed E-state index contributed by atoms with van der Waals surface area (Å²) >= 11 is 0. The first-order valence-corrected chi connectivity index (χ1v) is 6.09. The molecule has 0 saturated carbocycles. The van der Waals surface area contributed by atoms with Gasteiger partial charge in [-0.15, -0.1) is 0 Å². The van der Waals surface area contributed by atoms with Crippen LogP contribution in [0.1, 0.15) is 12.5 Å². The van der Waals surface area contributed by atoms with E-state index in [-0.39, 0.29) is 13.2 Å². The maximum Gasteiger partial charge on any atom is 0.411 e. The number of hydrogen-bond acceptors (Lipinski definition) is 3. The molecule has 0 aliphatic rings. The monoisotopic (exact) mass is 277 g/mol. The molecule has 108 valence electrons. The third kappa shape index (κ3) is 7.03. The minimum Gasteiger partial charge on any atom is -0.491 e. The fourth-order valence-electron chi connectivity index (χ4n) is 1.45. The Kier molecular flexibility index (Phi) is 6.66. The number of para-hydroxylation sites is 1. The molecule has 0 heterocycles. The van der Waals surface area contributed by atoms with Gasteiger partial charge in [0.05, 0.1) is 6.61 Å². The van der Waals surface area contributed by atoms with Gasteiger partial charge in [-0.3, -0.25) is 0 Å². The number of benzene rings is 1. The SMILES string of the molecule is CCNCc1ccccc1OCCOCC(F)(F)F. The highest BCUT2D eigenvalue weighted by Crippen LogP contribution is 2.18. The highest BCUT2D eigenvalue weighted by molar-refractivity contribution is 5.33. The molecule has 0 bridgehead atoms. The molecule has 1 rings (SSSR count). The minimum atomic E-state index is -4.29. The van der Waals surface area contributed by atoms with Gasteiger partial charge >= 0.3 is 6.18 Å². The van der Waals surface area contributed by atoms with Crippen LogP contribution in [0.15, 0.2) is 24.3 Å². The van der Waals surface area contributed by atoms with E-state index in [0.29, 0.717) is 12.3 Å². The van der Waals surface area contributed by atoms with E-state index in [2.05, 4.69) is 10.1 Å². The van der Waals surface area contributed by atoms with Crippen molar-refractivity contribution in [2.75, 3.05) is 26.4 Å². The van der Waals surface area contributed by atoms with Crippen molar-refractivity contribution in [3.05, 3.63) is 29.8 Å². The van der Waals surface area contributed by atoms with E-state index in [9.17, 15) is 13.2 Å². The molecule has 3 nitrogen and oxygen atoms in total. The maximum absolute atomic E-state index is 11.8. The zero-order valence-corrected chi connectivity index (χ0v) is 10.8. The van der Waals surface area contributed by atoms with Crippen molar-refractivity contribution in [2.24, 2.45) is 0 Å². The van der Waals surface area contributed by atoms with Gasteiger partial charge < -0.3 is 14.8 Å². The molecular weight excluding hydrogens is 259 g/mol. The van der Waals surface area contributed by atoms with Crippen LogP contribution in [0.4, 0.5) is 13.2 Å². The molecule has 0 aliphatic carbocycles. The van der Waals surface area contributed by atoms with Crippen LogP contribution in [0.25, 0.3) is 0 Å². The van der Waals surface area contributed by atoms with Gasteiger partial charge in [-0.25, -0.2) is 0 Å². The molecule has 1 N–H and O–H groups in total. The number of ether oxygens (including phenoxy) is 2. The second kappa shape index (κ2) is 8.01. The Hall–Kier alpha value is -1.27. The molecule has 0 aromatic heterocycles. The van der Waals surface area contributed by atoms with Crippen molar-refractivity contribution >= 4 is 0 Å². The Morgan fingerprint density at radius 3 is 2.58 bits per heavy atom. The Balaban J connectivity index is 2.32. The first-order chi connectivity index (χ1) is 9.03. The average molecular weight is 277 g/mol. The zero-order chi connectivity index (χ0) is 14.1. The molecule has 0 amide bonds. The van der Waals surface area contributed by atoms with Gasteiger partial charge in [-0.1, -0.05) is 25.1 Å². The predicted molar refractivity (Wildman–Crippen MR) is 66.2 cm³/mol. The summed E-state index contributed by atoms with van der Waals surface area (Å²) in [4.78, 5) is 0. The first kappa shape index (κ1) is 15.8. The molecule has 0 spiro atoms. The van der Waals surface area contributed by atoms with Gasteiger partial charge in [0.1, 0.15) is 19.0 Å². The van der Waals surface area contributed by atoms with Crippen LogP contribution in [0.5, 0.6) is 5.75 Å². The van der Waals surface area contributed by atoms with Crippen LogP contribution in [-0.2, 0) is 11.3 Å². The Morgan fingerprint density at radius 2 is 1.89 bits per heavy atom. The lowest BCUT2D eigenvalue weighted by Crippen LogP contribution is -2.19. The van der Waals surface area contributed by atoms with E-state index in [1.165, 1.54) is 0 Å². The third-order valence-electron chi connectivity index (χ3n) is 2.29. The van der Waals surface area contributed by atoms with Crippen LogP contribution in [-0.4, -0.2) is 32.5 Å². The number of nitrogens with one attached hydrogen (secondary N) is 1. The first-order valence-electron chi connectivity index (χ1n) is 6.09. The van der Waals surface area contributed by atoms with E-state index in [1.54, 1.807) is 6.07 Å². The maximum atomic E-state index is 11.8. The number of halogens is 3. The van der Waals surface area contributed by atoms with Gasteiger partial charge in [-0.05, 0) is 12.6 Å². The van der Waals surface area contributed by atoms with E-state index >= 15 is 0 Å². The molecule has 0 radical (unpaired) electrons. The zero-order valence-electron chi connectivity index (χ0n) is 10.8. The summed E-state index contributed by atoms with van der Waals surface area (Å²) < 4.78 is 45.4. The number of rotatable bonds is 8. The van der Waals surface area contributed by atoms with Gasteiger partial charge in [0.25, 0.3) is 0 Å². The summed E-state index contributed by atoms with van der Waals surface area (Å²) in [5, 5.41) is 3.17. The molecule has 0 atom stereocenters. The van der Waals surface area contributed by atoms with Crippen molar-refractivity contribution in [2.45, 2.75) is 19.6 Å². The lowest BCUT2D eigenvalue weighted by molar-refractivity contribution is -0.175. The summed E-state index contributed by atoms with van der Waals surface area (Å²) in [6, 6.07) is 7.41. The second-order valence-electron chi connectivity index (χ2n) is 3.90. The second-order valence-corrected chi connectivity index (χ2v) is 3.90. The van der Waals surface area contributed by atoms with Crippen LogP contribution >= 0.6 is 0 Å². The van der Waals surface area contributed by atoms with Crippen molar-refractivity contribution in [3.63, 3.8) is 0 Å². The molecule has 1 aromatic carbocycles. The normalized spacial score (nSPS) is 11.6. The Morgan fingerprint density at radius 1 is 1.16 bits per heavy atom. The third-order valence-corrected chi connectivity index (χ3v) is 2.29.